The van der Waals surface area contributed by atoms with E-state index in [2.05, 4.69) is 85.3 Å². The van der Waals surface area contributed by atoms with Crippen LogP contribution in [0.15, 0.2) is 54.9 Å². The molecule has 0 N–H and O–H groups in total. The first-order valence-electron chi connectivity index (χ1n) is 10.4. The molecule has 0 saturated heterocycles. The van der Waals surface area contributed by atoms with Crippen LogP contribution in [0.3, 0.4) is 0 Å². The number of hydrogen-bond donors (Lipinski definition) is 0. The van der Waals surface area contributed by atoms with Crippen molar-refractivity contribution in [2.24, 2.45) is 13.0 Å². The zero-order chi connectivity index (χ0) is 19.9. The Kier molecular flexibility index (Phi) is 3.27. The van der Waals surface area contributed by atoms with Crippen LogP contribution in [-0.2, 0) is 13.5 Å². The van der Waals surface area contributed by atoms with Crippen LogP contribution in [0.4, 0.5) is 0 Å². The van der Waals surface area contributed by atoms with E-state index < -0.39 is 0 Å². The zero-order valence-electron chi connectivity index (χ0n) is 17.3. The summed E-state index contributed by atoms with van der Waals surface area (Å²) in [4.78, 5) is 4.83. The van der Waals surface area contributed by atoms with Gasteiger partial charge in [0.15, 0.2) is 5.52 Å². The molecule has 0 aliphatic carbocycles. The molecular formula is C26H24N3+. The smallest absolute Gasteiger partial charge is 0.287 e. The van der Waals surface area contributed by atoms with Gasteiger partial charge in [0.2, 0.25) is 0 Å². The highest BCUT2D eigenvalue weighted by molar-refractivity contribution is 6.25. The number of aromatic nitrogens is 3. The third-order valence-electron chi connectivity index (χ3n) is 6.28. The van der Waals surface area contributed by atoms with E-state index in [1.807, 2.05) is 6.33 Å². The number of pyridine rings is 1. The van der Waals surface area contributed by atoms with Crippen LogP contribution in [0, 0.1) is 12.8 Å². The molecule has 6 rings (SSSR count). The minimum Gasteiger partial charge on any atom is -0.308 e. The minimum absolute atomic E-state index is 0.610. The molecule has 29 heavy (non-hydrogen) atoms. The number of fused-ring (bicyclic) bond motifs is 5. The second-order valence-corrected chi connectivity index (χ2v) is 8.82. The molecule has 6 aromatic rings. The van der Waals surface area contributed by atoms with Gasteiger partial charge in [-0.2, -0.15) is 0 Å². The fraction of sp³-hybridized carbons (Fsp3) is 0.231. The molecule has 0 spiro atoms. The molecule has 0 radical (unpaired) electrons. The van der Waals surface area contributed by atoms with E-state index in [9.17, 15) is 0 Å². The summed E-state index contributed by atoms with van der Waals surface area (Å²) in [5.41, 5.74) is 8.89. The number of benzene rings is 3. The van der Waals surface area contributed by atoms with Crippen LogP contribution in [0.2, 0.25) is 0 Å². The number of para-hydroxylation sites is 1. The van der Waals surface area contributed by atoms with Gasteiger partial charge in [-0.15, -0.1) is 0 Å². The van der Waals surface area contributed by atoms with Crippen molar-refractivity contribution in [3.63, 3.8) is 0 Å². The molecule has 3 heterocycles. The highest BCUT2D eigenvalue weighted by Crippen LogP contribution is 2.40. The maximum Gasteiger partial charge on any atom is 0.287 e. The van der Waals surface area contributed by atoms with E-state index in [1.165, 1.54) is 54.7 Å². The third-order valence-corrected chi connectivity index (χ3v) is 6.28. The number of hydrogen-bond acceptors (Lipinski definition) is 1. The molecule has 3 nitrogen and oxygen atoms in total. The lowest BCUT2D eigenvalue weighted by atomic mass is 9.97. The monoisotopic (exact) mass is 378 g/mol. The molecule has 3 aromatic carbocycles. The van der Waals surface area contributed by atoms with E-state index in [0.717, 1.165) is 11.9 Å². The van der Waals surface area contributed by atoms with Gasteiger partial charge in [-0.3, -0.25) is 0 Å². The largest absolute Gasteiger partial charge is 0.308 e. The second kappa shape index (κ2) is 5.66. The summed E-state index contributed by atoms with van der Waals surface area (Å²) in [5, 5.41) is 5.23. The SMILES string of the molecule is Cc1ccc2c3ccccc3n3c4cc(CC(C)C)cc5nc[n+](C)c(c1c23)c54. The summed E-state index contributed by atoms with van der Waals surface area (Å²) < 4.78 is 4.67. The summed E-state index contributed by atoms with van der Waals surface area (Å²) in [5.74, 6) is 0.610. The zero-order valence-corrected chi connectivity index (χ0v) is 17.3. The Bertz CT molecular complexity index is 1570. The van der Waals surface area contributed by atoms with E-state index >= 15 is 0 Å². The van der Waals surface area contributed by atoms with Crippen LogP contribution < -0.4 is 4.57 Å². The average molecular weight is 378 g/mol. The predicted molar refractivity (Wildman–Crippen MR) is 121 cm³/mol. The van der Waals surface area contributed by atoms with Crippen molar-refractivity contribution in [2.75, 3.05) is 0 Å². The quantitative estimate of drug-likeness (QED) is 0.215. The molecule has 142 valence electrons. The lowest BCUT2D eigenvalue weighted by molar-refractivity contribution is -0.646. The summed E-state index contributed by atoms with van der Waals surface area (Å²) >= 11 is 0. The predicted octanol–water partition coefficient (Wildman–Crippen LogP) is 5.72. The Hall–Kier alpha value is -3.20. The summed E-state index contributed by atoms with van der Waals surface area (Å²) in [6.45, 7) is 6.78. The van der Waals surface area contributed by atoms with Gasteiger partial charge in [0.05, 0.1) is 29.0 Å². The van der Waals surface area contributed by atoms with Crippen LogP contribution in [0.1, 0.15) is 25.0 Å². The Morgan fingerprint density at radius 2 is 1.79 bits per heavy atom. The normalized spacial score (nSPS) is 12.6. The Morgan fingerprint density at radius 3 is 2.62 bits per heavy atom. The average Bonchev–Trinajstić information content (AvgIpc) is 3.03. The van der Waals surface area contributed by atoms with Crippen molar-refractivity contribution >= 4 is 49.1 Å². The van der Waals surface area contributed by atoms with Crippen molar-refractivity contribution in [3.8, 4) is 0 Å². The standard InChI is InChI=1S/C26H24N3/c1-15(2)11-17-12-20-24-22(13-17)29-21-8-6-5-7-18(21)19-10-9-16(3)23(25(19)29)26(24)28(4)14-27-20/h5-10,12-15H,11H2,1-4H3/q+1. The molecule has 0 unspecified atom stereocenters. The van der Waals surface area contributed by atoms with Crippen molar-refractivity contribution in [3.05, 3.63) is 66.0 Å². The van der Waals surface area contributed by atoms with Gasteiger partial charge >= 0.3 is 0 Å². The molecule has 3 aromatic heterocycles. The lowest BCUT2D eigenvalue weighted by Gasteiger charge is -2.14. The molecule has 0 amide bonds. The Balaban J connectivity index is 2.01. The first-order chi connectivity index (χ1) is 14.0. The highest BCUT2D eigenvalue weighted by Gasteiger charge is 2.24. The first-order valence-corrected chi connectivity index (χ1v) is 10.4. The van der Waals surface area contributed by atoms with Gasteiger partial charge in [0.1, 0.15) is 5.52 Å². The molecule has 0 bridgehead atoms. The highest BCUT2D eigenvalue weighted by atomic mass is 15.0. The van der Waals surface area contributed by atoms with Gasteiger partial charge in [0, 0.05) is 16.2 Å². The molecule has 0 saturated carbocycles. The van der Waals surface area contributed by atoms with Gasteiger partial charge in [-0.1, -0.05) is 44.2 Å². The minimum atomic E-state index is 0.610. The van der Waals surface area contributed by atoms with Crippen molar-refractivity contribution in [2.45, 2.75) is 27.2 Å². The van der Waals surface area contributed by atoms with Crippen LogP contribution in [0.25, 0.3) is 49.1 Å². The van der Waals surface area contributed by atoms with Crippen LogP contribution in [-0.4, -0.2) is 9.38 Å². The van der Waals surface area contributed by atoms with Crippen molar-refractivity contribution in [1.29, 1.82) is 0 Å². The van der Waals surface area contributed by atoms with Crippen molar-refractivity contribution in [1.82, 2.24) is 9.38 Å². The molecule has 0 atom stereocenters. The Morgan fingerprint density at radius 1 is 0.966 bits per heavy atom. The van der Waals surface area contributed by atoms with Crippen LogP contribution >= 0.6 is 0 Å². The van der Waals surface area contributed by atoms with E-state index in [-0.39, 0.29) is 0 Å². The van der Waals surface area contributed by atoms with Gasteiger partial charge in [-0.05, 0) is 53.6 Å². The summed E-state index contributed by atoms with van der Waals surface area (Å²) in [7, 11) is 2.12. The maximum atomic E-state index is 4.83. The molecule has 0 fully saturated rings. The first kappa shape index (κ1) is 16.7. The lowest BCUT2D eigenvalue weighted by Crippen LogP contribution is -2.30. The second-order valence-electron chi connectivity index (χ2n) is 8.82. The fourth-order valence-corrected chi connectivity index (χ4v) is 5.17. The fourth-order valence-electron chi connectivity index (χ4n) is 5.17. The van der Waals surface area contributed by atoms with Gasteiger partial charge in [0.25, 0.3) is 6.33 Å². The third kappa shape index (κ3) is 2.13. The molecule has 0 aliphatic heterocycles. The topological polar surface area (TPSA) is 21.2 Å². The van der Waals surface area contributed by atoms with Gasteiger partial charge in [-0.25, -0.2) is 4.57 Å². The Labute approximate surface area is 169 Å². The summed E-state index contributed by atoms with van der Waals surface area (Å²) in [6.07, 6.45) is 3.03. The van der Waals surface area contributed by atoms with Crippen LogP contribution in [0.5, 0.6) is 0 Å². The molecule has 3 heteroatoms. The molecular weight excluding hydrogens is 354 g/mol. The molecule has 0 aliphatic rings. The van der Waals surface area contributed by atoms with E-state index in [4.69, 9.17) is 4.98 Å². The summed E-state index contributed by atoms with van der Waals surface area (Å²) in [6, 6.07) is 18.0. The number of rotatable bonds is 2. The van der Waals surface area contributed by atoms with Gasteiger partial charge < -0.3 is 4.40 Å². The maximum absolute atomic E-state index is 4.83. The van der Waals surface area contributed by atoms with Crippen molar-refractivity contribution < 1.29 is 4.57 Å². The van der Waals surface area contributed by atoms with E-state index in [1.54, 1.807) is 0 Å². The van der Waals surface area contributed by atoms with E-state index in [0.29, 0.717) is 5.92 Å². The number of nitrogens with zero attached hydrogens (tertiary/aromatic N) is 3. The number of aryl methyl sites for hydroxylation is 2.